The molecule has 5 rings (SSSR count). The Bertz CT molecular complexity index is 1810. The third-order valence-corrected chi connectivity index (χ3v) is 7.33. The van der Waals surface area contributed by atoms with Gasteiger partial charge in [0.25, 0.3) is 0 Å². The first kappa shape index (κ1) is 34.2. The minimum absolute atomic E-state index is 0.0444. The molecule has 1 fully saturated rings. The quantitative estimate of drug-likeness (QED) is 0.167. The van der Waals surface area contributed by atoms with Crippen LogP contribution < -0.4 is 14.4 Å². The largest absolute Gasteiger partial charge is 0.573 e. The summed E-state index contributed by atoms with van der Waals surface area (Å²) in [5, 5.41) is 4.10. The first-order valence-corrected chi connectivity index (χ1v) is 14.7. The van der Waals surface area contributed by atoms with E-state index in [9.17, 15) is 40.3 Å². The summed E-state index contributed by atoms with van der Waals surface area (Å²) in [4.78, 5) is 34.0. The molecular formula is C30H22F7N5O5S. The summed E-state index contributed by atoms with van der Waals surface area (Å²) < 4.78 is 105. The maximum absolute atomic E-state index is 15.0. The van der Waals surface area contributed by atoms with Crippen molar-refractivity contribution < 1.29 is 54.5 Å². The fourth-order valence-corrected chi connectivity index (χ4v) is 5.13. The third kappa shape index (κ3) is 8.81. The van der Waals surface area contributed by atoms with Gasteiger partial charge in [-0.05, 0) is 54.4 Å². The van der Waals surface area contributed by atoms with Crippen LogP contribution in [0.15, 0.2) is 78.0 Å². The van der Waals surface area contributed by atoms with Crippen molar-refractivity contribution in [2.24, 2.45) is 4.99 Å². The molecule has 1 saturated heterocycles. The van der Waals surface area contributed by atoms with Crippen LogP contribution in [-0.2, 0) is 9.53 Å². The van der Waals surface area contributed by atoms with Gasteiger partial charge in [-0.25, -0.2) is 18.9 Å². The van der Waals surface area contributed by atoms with Gasteiger partial charge in [0.2, 0.25) is 5.91 Å². The molecular weight excluding hydrogens is 675 g/mol. The predicted octanol–water partition coefficient (Wildman–Crippen LogP) is 7.37. The lowest BCUT2D eigenvalue weighted by atomic mass is 10.1. The minimum atomic E-state index is -4.82. The maximum Gasteiger partial charge on any atom is 0.573 e. The lowest BCUT2D eigenvalue weighted by molar-refractivity contribution is -0.274. The van der Waals surface area contributed by atoms with E-state index < -0.39 is 49.7 Å². The number of amidine groups is 1. The van der Waals surface area contributed by atoms with E-state index in [2.05, 4.69) is 19.8 Å². The Hall–Kier alpha value is -5.13. The molecule has 18 heteroatoms. The van der Waals surface area contributed by atoms with Crippen LogP contribution in [0.3, 0.4) is 0 Å². The lowest BCUT2D eigenvalue weighted by Gasteiger charge is -2.21. The van der Waals surface area contributed by atoms with Crippen LogP contribution in [0.2, 0.25) is 0 Å². The van der Waals surface area contributed by atoms with E-state index >= 15 is 0 Å². The van der Waals surface area contributed by atoms with E-state index in [0.29, 0.717) is 16.8 Å². The molecule has 10 nitrogen and oxygen atoms in total. The topological polar surface area (TPSA) is 108 Å². The number of aliphatic imine (C=N–C) groups is 1. The van der Waals surface area contributed by atoms with Crippen LogP contribution in [0.1, 0.15) is 17.3 Å². The molecule has 2 heterocycles. The van der Waals surface area contributed by atoms with Gasteiger partial charge in [-0.3, -0.25) is 9.69 Å². The highest BCUT2D eigenvalue weighted by molar-refractivity contribution is 8.15. The highest BCUT2D eigenvalue weighted by atomic mass is 32.2. The minimum Gasteiger partial charge on any atom is -0.482 e. The van der Waals surface area contributed by atoms with Crippen molar-refractivity contribution in [3.8, 4) is 28.6 Å². The standard InChI is InChI=1S/C30H22F7N5O5S/c1-17-2-11-24(46-15-29(32,33)34)23(12-17)42-25(43)14-48-27(42)39-28(44)45-13-22(31)18-3-5-19(6-4-18)26-38-16-41(40-26)20-7-9-21(10-8-20)47-30(35,36)37/h2-12,16,22H,13-15H2,1H3/b39-27-. The number of hydrogen-bond acceptors (Lipinski definition) is 8. The highest BCUT2D eigenvalue weighted by Crippen LogP contribution is 2.36. The number of hydrogen-bond donors (Lipinski definition) is 0. The Morgan fingerprint density at radius 3 is 2.40 bits per heavy atom. The zero-order valence-electron chi connectivity index (χ0n) is 24.5. The van der Waals surface area contributed by atoms with Crippen LogP contribution in [-0.4, -0.2) is 63.4 Å². The average Bonchev–Trinajstić information content (AvgIpc) is 3.65. The molecule has 252 valence electrons. The summed E-state index contributed by atoms with van der Waals surface area (Å²) in [5.41, 5.74) is 1.59. The zero-order chi connectivity index (χ0) is 34.6. The van der Waals surface area contributed by atoms with Gasteiger partial charge in [0.1, 0.15) is 24.4 Å². The number of anilines is 1. The number of ether oxygens (including phenoxy) is 3. The third-order valence-electron chi connectivity index (χ3n) is 6.41. The number of benzene rings is 3. The Morgan fingerprint density at radius 1 is 1.02 bits per heavy atom. The Morgan fingerprint density at radius 2 is 1.73 bits per heavy atom. The molecule has 0 N–H and O–H groups in total. The van der Waals surface area contributed by atoms with Gasteiger partial charge in [0.05, 0.1) is 17.1 Å². The summed E-state index contributed by atoms with van der Waals surface area (Å²) in [5.74, 6) is -1.14. The van der Waals surface area contributed by atoms with E-state index in [-0.39, 0.29) is 33.7 Å². The van der Waals surface area contributed by atoms with E-state index in [4.69, 9.17) is 9.47 Å². The number of nitrogens with zero attached hydrogens (tertiary/aromatic N) is 5. The van der Waals surface area contributed by atoms with E-state index in [0.717, 1.165) is 28.8 Å². The van der Waals surface area contributed by atoms with E-state index in [1.165, 1.54) is 65.6 Å². The molecule has 1 aromatic heterocycles. The molecule has 4 aromatic rings. The summed E-state index contributed by atoms with van der Waals surface area (Å²) >= 11 is 0.847. The average molecular weight is 698 g/mol. The zero-order valence-corrected chi connectivity index (χ0v) is 25.3. The Kier molecular flexibility index (Phi) is 9.92. The summed E-state index contributed by atoms with van der Waals surface area (Å²) in [6.45, 7) is -0.693. The first-order chi connectivity index (χ1) is 22.6. The van der Waals surface area contributed by atoms with Gasteiger partial charge >= 0.3 is 18.6 Å². The molecule has 0 spiro atoms. The van der Waals surface area contributed by atoms with Crippen molar-refractivity contribution in [2.75, 3.05) is 23.9 Å². The SMILES string of the molecule is Cc1ccc(OCC(F)(F)F)c(N2C(=O)CS/C2=N\C(=O)OCC(F)c2ccc(-c3ncn(-c4ccc(OC(F)(F)F)cc4)n3)cc2)c1. The van der Waals surface area contributed by atoms with Crippen molar-refractivity contribution in [1.29, 1.82) is 0 Å². The number of carbonyl (C=O) groups is 2. The highest BCUT2D eigenvalue weighted by Gasteiger charge is 2.35. The second kappa shape index (κ2) is 13.9. The van der Waals surface area contributed by atoms with Crippen LogP contribution in [0.25, 0.3) is 17.1 Å². The van der Waals surface area contributed by atoms with Gasteiger partial charge in [-0.1, -0.05) is 42.1 Å². The molecule has 2 amide bonds. The number of aromatic nitrogens is 3. The van der Waals surface area contributed by atoms with Crippen molar-refractivity contribution >= 4 is 34.6 Å². The molecule has 1 atom stereocenters. The molecule has 48 heavy (non-hydrogen) atoms. The fraction of sp³-hybridized carbons (Fsp3) is 0.233. The second-order valence-corrected chi connectivity index (χ2v) is 11.0. The molecule has 0 bridgehead atoms. The van der Waals surface area contributed by atoms with Gasteiger partial charge in [-0.2, -0.15) is 18.2 Å². The van der Waals surface area contributed by atoms with Gasteiger partial charge < -0.3 is 14.2 Å². The number of amides is 2. The smallest absolute Gasteiger partial charge is 0.482 e. The molecule has 3 aromatic carbocycles. The van der Waals surface area contributed by atoms with Crippen LogP contribution >= 0.6 is 11.8 Å². The summed E-state index contributed by atoms with van der Waals surface area (Å²) in [6.07, 6.45) is -11.1. The number of rotatable bonds is 9. The van der Waals surface area contributed by atoms with E-state index in [1.807, 2.05) is 0 Å². The number of thioether (sulfide) groups is 1. The van der Waals surface area contributed by atoms with Crippen LogP contribution in [0.4, 0.5) is 41.2 Å². The fourth-order valence-electron chi connectivity index (χ4n) is 4.28. The van der Waals surface area contributed by atoms with Crippen molar-refractivity contribution in [1.82, 2.24) is 14.8 Å². The van der Waals surface area contributed by atoms with Crippen molar-refractivity contribution in [3.05, 3.63) is 84.2 Å². The second-order valence-electron chi connectivity index (χ2n) is 10.0. The number of halogens is 7. The molecule has 1 unspecified atom stereocenters. The Labute approximate surface area is 271 Å². The van der Waals surface area contributed by atoms with Crippen LogP contribution in [0.5, 0.6) is 11.5 Å². The molecule has 1 aliphatic rings. The van der Waals surface area contributed by atoms with E-state index in [1.54, 1.807) is 6.92 Å². The monoisotopic (exact) mass is 697 g/mol. The normalized spacial score (nSPS) is 15.1. The van der Waals surface area contributed by atoms with Gasteiger partial charge in [0, 0.05) is 5.56 Å². The number of carbonyl (C=O) groups excluding carboxylic acids is 2. The molecule has 0 aliphatic carbocycles. The molecule has 1 aliphatic heterocycles. The van der Waals surface area contributed by atoms with Crippen molar-refractivity contribution in [3.63, 3.8) is 0 Å². The van der Waals surface area contributed by atoms with Gasteiger partial charge in [-0.15, -0.1) is 18.3 Å². The molecule has 0 radical (unpaired) electrons. The number of alkyl halides is 7. The predicted molar refractivity (Wildman–Crippen MR) is 159 cm³/mol. The first-order valence-electron chi connectivity index (χ1n) is 13.7. The lowest BCUT2D eigenvalue weighted by Crippen LogP contribution is -2.31. The molecule has 0 saturated carbocycles. The Balaban J connectivity index is 1.20. The van der Waals surface area contributed by atoms with Gasteiger partial charge in [0.15, 0.2) is 23.8 Å². The summed E-state index contributed by atoms with van der Waals surface area (Å²) in [6, 6.07) is 15.0. The van der Waals surface area contributed by atoms with Crippen molar-refractivity contribution in [2.45, 2.75) is 25.6 Å². The number of aryl methyl sites for hydroxylation is 1. The van der Waals surface area contributed by atoms with Crippen LogP contribution in [0, 0.1) is 6.92 Å². The maximum atomic E-state index is 15.0. The summed E-state index contributed by atoms with van der Waals surface area (Å²) in [7, 11) is 0.